The Labute approximate surface area is 112 Å². The summed E-state index contributed by atoms with van der Waals surface area (Å²) in [6.45, 7) is -0.698. The lowest BCUT2D eigenvalue weighted by Gasteiger charge is -2.22. The summed E-state index contributed by atoms with van der Waals surface area (Å²) in [5, 5.41) is 8.90. The van der Waals surface area contributed by atoms with E-state index in [4.69, 9.17) is 16.6 Å². The van der Waals surface area contributed by atoms with Crippen molar-refractivity contribution in [2.24, 2.45) is 11.5 Å². The molecule has 1 aromatic carbocycles. The van der Waals surface area contributed by atoms with Gasteiger partial charge in [0.25, 0.3) is 0 Å². The number of halogens is 1. The van der Waals surface area contributed by atoms with Gasteiger partial charge in [-0.1, -0.05) is 0 Å². The third kappa shape index (κ3) is 2.44. The van der Waals surface area contributed by atoms with Crippen LogP contribution in [0.4, 0.5) is 0 Å². The Morgan fingerprint density at radius 3 is 2.18 bits per heavy atom. The van der Waals surface area contributed by atoms with Gasteiger partial charge in [-0.25, -0.2) is 13.2 Å². The fourth-order valence-electron chi connectivity index (χ4n) is 1.14. The van der Waals surface area contributed by atoms with E-state index in [1.807, 2.05) is 22.6 Å². The number of carbonyl (C=O) groups is 1. The molecule has 1 unspecified atom stereocenters. The topological polar surface area (TPSA) is 123 Å². The summed E-state index contributed by atoms with van der Waals surface area (Å²) in [6, 6.07) is 5.70. The Morgan fingerprint density at radius 2 is 1.82 bits per heavy atom. The van der Waals surface area contributed by atoms with E-state index in [1.54, 1.807) is 12.1 Å². The van der Waals surface area contributed by atoms with Crippen LogP contribution in [0.5, 0.6) is 0 Å². The molecule has 1 aromatic rings. The van der Waals surface area contributed by atoms with Crippen molar-refractivity contribution in [2.75, 3.05) is 6.54 Å². The Bertz CT molecular complexity index is 528. The lowest BCUT2D eigenvalue weighted by molar-refractivity contribution is -0.139. The van der Waals surface area contributed by atoms with Crippen molar-refractivity contribution >= 4 is 38.4 Å². The van der Waals surface area contributed by atoms with Crippen LogP contribution in [0.25, 0.3) is 0 Å². The molecule has 0 amide bonds. The van der Waals surface area contributed by atoms with Crippen molar-refractivity contribution < 1.29 is 18.3 Å². The summed E-state index contributed by atoms with van der Waals surface area (Å²) in [7, 11) is -4.22. The normalized spacial score (nSPS) is 15.2. The summed E-state index contributed by atoms with van der Waals surface area (Å²) in [4.78, 5) is 8.29. The van der Waals surface area contributed by atoms with Gasteiger partial charge in [0, 0.05) is 10.1 Å². The first-order valence-electron chi connectivity index (χ1n) is 4.48. The molecule has 8 heteroatoms. The summed E-state index contributed by atoms with van der Waals surface area (Å²) in [5.41, 5.74) is 10.5. The standard InChI is InChI=1S/C9H11IN2O4S/c10-6-1-3-7(4-2-6)17(15,16)9(12,5-11)8(13)14/h1-4H,5,11-12H2,(H,13,14). The van der Waals surface area contributed by atoms with Crippen LogP contribution in [0.2, 0.25) is 0 Å². The van der Waals surface area contributed by atoms with E-state index < -0.39 is 27.2 Å². The first-order chi connectivity index (χ1) is 7.75. The molecule has 6 nitrogen and oxygen atoms in total. The SMILES string of the molecule is NCC(N)(C(=O)O)S(=O)(=O)c1ccc(I)cc1. The highest BCUT2D eigenvalue weighted by atomic mass is 127. The average molecular weight is 370 g/mol. The molecule has 0 aromatic heterocycles. The van der Waals surface area contributed by atoms with Crippen molar-refractivity contribution in [3.8, 4) is 0 Å². The third-order valence-electron chi connectivity index (χ3n) is 2.27. The van der Waals surface area contributed by atoms with Gasteiger partial charge in [-0.2, -0.15) is 0 Å². The predicted molar refractivity (Wildman–Crippen MR) is 70.0 cm³/mol. The number of carboxylic acids is 1. The maximum Gasteiger partial charge on any atom is 0.341 e. The maximum absolute atomic E-state index is 12.0. The van der Waals surface area contributed by atoms with Crippen LogP contribution >= 0.6 is 22.6 Å². The first kappa shape index (κ1) is 14.4. The highest BCUT2D eigenvalue weighted by Crippen LogP contribution is 2.22. The molecule has 1 rings (SSSR count). The molecule has 0 heterocycles. The van der Waals surface area contributed by atoms with Crippen LogP contribution in [0.1, 0.15) is 0 Å². The Balaban J connectivity index is 3.37. The van der Waals surface area contributed by atoms with Crippen molar-refractivity contribution in [2.45, 2.75) is 9.77 Å². The molecule has 0 aliphatic carbocycles. The molecule has 0 aliphatic heterocycles. The minimum Gasteiger partial charge on any atom is -0.479 e. The molecule has 0 saturated heterocycles. The van der Waals surface area contributed by atoms with E-state index in [1.165, 1.54) is 12.1 Å². The average Bonchev–Trinajstić information content (AvgIpc) is 2.28. The van der Waals surface area contributed by atoms with Crippen molar-refractivity contribution in [3.05, 3.63) is 27.8 Å². The van der Waals surface area contributed by atoms with E-state index in [0.29, 0.717) is 0 Å². The molecule has 0 radical (unpaired) electrons. The van der Waals surface area contributed by atoms with Gasteiger partial charge in [-0.05, 0) is 46.9 Å². The molecule has 1 atom stereocenters. The van der Waals surface area contributed by atoms with Crippen LogP contribution in [-0.2, 0) is 14.6 Å². The van der Waals surface area contributed by atoms with Crippen LogP contribution in [0.3, 0.4) is 0 Å². The largest absolute Gasteiger partial charge is 0.479 e. The van der Waals surface area contributed by atoms with Gasteiger partial charge >= 0.3 is 5.97 Å². The summed E-state index contributed by atoms with van der Waals surface area (Å²) in [5.74, 6) is -1.67. The Morgan fingerprint density at radius 1 is 1.35 bits per heavy atom. The zero-order valence-corrected chi connectivity index (χ0v) is 11.6. The quantitative estimate of drug-likeness (QED) is 0.629. The molecule has 0 aliphatic rings. The van der Waals surface area contributed by atoms with Crippen molar-refractivity contribution in [3.63, 3.8) is 0 Å². The van der Waals surface area contributed by atoms with Crippen molar-refractivity contribution in [1.82, 2.24) is 0 Å². The third-order valence-corrected chi connectivity index (χ3v) is 5.18. The van der Waals surface area contributed by atoms with Crippen LogP contribution in [0.15, 0.2) is 29.2 Å². The smallest absolute Gasteiger partial charge is 0.341 e. The van der Waals surface area contributed by atoms with Crippen LogP contribution < -0.4 is 11.5 Å². The van der Waals surface area contributed by atoms with E-state index >= 15 is 0 Å². The first-order valence-corrected chi connectivity index (χ1v) is 7.04. The second-order valence-corrected chi connectivity index (χ2v) is 6.81. The van der Waals surface area contributed by atoms with Gasteiger partial charge in [0.05, 0.1) is 4.90 Å². The number of carboxylic acid groups (broad SMARTS) is 1. The minimum atomic E-state index is -4.22. The molecule has 17 heavy (non-hydrogen) atoms. The van der Waals surface area contributed by atoms with E-state index in [9.17, 15) is 13.2 Å². The maximum atomic E-state index is 12.0. The number of aliphatic carboxylic acids is 1. The van der Waals surface area contributed by atoms with Gasteiger partial charge in [-0.3, -0.25) is 0 Å². The molecular formula is C9H11IN2O4S. The summed E-state index contributed by atoms with van der Waals surface area (Å²) >= 11 is 2.00. The summed E-state index contributed by atoms with van der Waals surface area (Å²) < 4.78 is 24.9. The van der Waals surface area contributed by atoms with Gasteiger partial charge in [0.1, 0.15) is 0 Å². The highest BCUT2D eigenvalue weighted by molar-refractivity contribution is 14.1. The van der Waals surface area contributed by atoms with E-state index in [0.717, 1.165) is 3.57 Å². The van der Waals surface area contributed by atoms with Gasteiger partial charge < -0.3 is 16.6 Å². The second-order valence-electron chi connectivity index (χ2n) is 3.36. The zero-order chi connectivity index (χ0) is 13.3. The highest BCUT2D eigenvalue weighted by Gasteiger charge is 2.47. The fraction of sp³-hybridized carbons (Fsp3) is 0.222. The minimum absolute atomic E-state index is 0.159. The van der Waals surface area contributed by atoms with Gasteiger partial charge in [-0.15, -0.1) is 0 Å². The van der Waals surface area contributed by atoms with E-state index in [2.05, 4.69) is 0 Å². The molecule has 0 fully saturated rings. The molecule has 94 valence electrons. The molecular weight excluding hydrogens is 359 g/mol. The lowest BCUT2D eigenvalue weighted by Crippen LogP contribution is -2.59. The van der Waals surface area contributed by atoms with Crippen LogP contribution in [0, 0.1) is 3.57 Å². The fourth-order valence-corrected chi connectivity index (χ4v) is 2.86. The molecule has 0 saturated carbocycles. The van der Waals surface area contributed by atoms with Gasteiger partial charge in [0.15, 0.2) is 0 Å². The van der Waals surface area contributed by atoms with E-state index in [-0.39, 0.29) is 4.90 Å². The number of rotatable bonds is 4. The monoisotopic (exact) mass is 370 g/mol. The summed E-state index contributed by atoms with van der Waals surface area (Å²) in [6.07, 6.45) is 0. The molecule has 5 N–H and O–H groups in total. The number of hydrogen-bond donors (Lipinski definition) is 3. The van der Waals surface area contributed by atoms with Gasteiger partial charge in [0.2, 0.25) is 14.7 Å². The van der Waals surface area contributed by atoms with Crippen LogP contribution in [-0.4, -0.2) is 30.9 Å². The number of benzene rings is 1. The lowest BCUT2D eigenvalue weighted by atomic mass is 10.3. The Kier molecular flexibility index (Phi) is 4.12. The van der Waals surface area contributed by atoms with Crippen molar-refractivity contribution in [1.29, 1.82) is 0 Å². The number of nitrogens with two attached hydrogens (primary N) is 2. The molecule has 0 spiro atoms. The number of hydrogen-bond acceptors (Lipinski definition) is 5. The zero-order valence-electron chi connectivity index (χ0n) is 8.63. The predicted octanol–water partition coefficient (Wildman–Crippen LogP) is -0.237. The number of sulfone groups is 1. The second kappa shape index (κ2) is 4.88. The Hall–Kier alpha value is -0.710. The molecule has 0 bridgehead atoms.